The molecule has 10 rings (SSSR count). The number of likely N-dealkylation sites (tertiary alicyclic amines) is 1. The molecule has 226 valence electrons. The highest BCUT2D eigenvalue weighted by atomic mass is 35.5. The van der Waals surface area contributed by atoms with E-state index in [1.807, 2.05) is 18.0 Å². The van der Waals surface area contributed by atoms with Crippen LogP contribution in [0.15, 0.2) is 30.1 Å². The van der Waals surface area contributed by atoms with Crippen LogP contribution in [0.4, 0.5) is 10.2 Å². The SMILES string of the molecule is CN1CCCC2=C[C@@](O)(COCOc3c(Cl)cc4[nH]ncc4c3-c3ncc4c1nc(OC[C@@H]1CCCN1C)nc4c3F)C2. The van der Waals surface area contributed by atoms with Crippen LogP contribution in [0.5, 0.6) is 11.8 Å². The zero-order valence-electron chi connectivity index (χ0n) is 24.1. The first-order valence-electron chi connectivity index (χ1n) is 14.5. The molecular formula is C30H33ClFN7O4. The molecule has 0 unspecified atom stereocenters. The van der Waals surface area contributed by atoms with Gasteiger partial charge in [-0.2, -0.15) is 15.1 Å². The Balaban J connectivity index is 1.37. The molecule has 3 aromatic heterocycles. The molecule has 0 amide bonds. The highest BCUT2D eigenvalue weighted by Gasteiger charge is 2.35. The summed E-state index contributed by atoms with van der Waals surface area (Å²) in [6.45, 7) is 1.92. The number of likely N-dealkylation sites (N-methyl/N-ethyl adjacent to an activating group) is 1. The smallest absolute Gasteiger partial charge is 0.319 e. The Labute approximate surface area is 252 Å². The fourth-order valence-electron chi connectivity index (χ4n) is 6.29. The van der Waals surface area contributed by atoms with E-state index in [4.69, 9.17) is 30.8 Å². The highest BCUT2D eigenvalue weighted by Crippen LogP contribution is 2.44. The van der Waals surface area contributed by atoms with E-state index in [0.717, 1.165) is 37.8 Å². The Morgan fingerprint density at radius 2 is 2.07 bits per heavy atom. The lowest BCUT2D eigenvalue weighted by Crippen LogP contribution is -2.40. The average molecular weight is 610 g/mol. The summed E-state index contributed by atoms with van der Waals surface area (Å²) in [5.41, 5.74) is 1.10. The van der Waals surface area contributed by atoms with Crippen LogP contribution < -0.4 is 14.4 Å². The van der Waals surface area contributed by atoms with Gasteiger partial charge in [0.25, 0.3) is 0 Å². The minimum absolute atomic E-state index is 0.00325. The number of anilines is 1. The summed E-state index contributed by atoms with van der Waals surface area (Å²) in [7, 11) is 3.99. The molecule has 0 spiro atoms. The summed E-state index contributed by atoms with van der Waals surface area (Å²) in [4.78, 5) is 18.1. The third-order valence-electron chi connectivity index (χ3n) is 8.61. The number of hydrogen-bond acceptors (Lipinski definition) is 10. The molecule has 4 aromatic rings. The van der Waals surface area contributed by atoms with Crippen LogP contribution in [-0.4, -0.2) is 94.0 Å². The first-order chi connectivity index (χ1) is 20.8. The van der Waals surface area contributed by atoms with Crippen LogP contribution in [0.25, 0.3) is 33.1 Å². The van der Waals surface area contributed by atoms with Gasteiger partial charge < -0.3 is 29.1 Å². The van der Waals surface area contributed by atoms with Gasteiger partial charge in [-0.05, 0) is 45.3 Å². The largest absolute Gasteiger partial charge is 0.465 e. The van der Waals surface area contributed by atoms with Gasteiger partial charge in [-0.25, -0.2) is 4.39 Å². The topological polar surface area (TPSA) is 122 Å². The minimum Gasteiger partial charge on any atom is -0.465 e. The summed E-state index contributed by atoms with van der Waals surface area (Å²) in [5, 5.41) is 19.1. The van der Waals surface area contributed by atoms with Crippen molar-refractivity contribution >= 4 is 39.2 Å². The van der Waals surface area contributed by atoms with E-state index in [-0.39, 0.29) is 47.4 Å². The Kier molecular flexibility index (Phi) is 7.32. The van der Waals surface area contributed by atoms with Gasteiger partial charge in [0.1, 0.15) is 29.2 Å². The summed E-state index contributed by atoms with van der Waals surface area (Å²) in [6, 6.07) is 2.01. The molecule has 0 radical (unpaired) electrons. The number of aromatic nitrogens is 5. The van der Waals surface area contributed by atoms with Gasteiger partial charge in [-0.15, -0.1) is 0 Å². The van der Waals surface area contributed by atoms with Gasteiger partial charge in [0.05, 0.1) is 34.3 Å². The van der Waals surface area contributed by atoms with Gasteiger partial charge in [0.15, 0.2) is 18.4 Å². The van der Waals surface area contributed by atoms with Crippen LogP contribution in [-0.2, 0) is 4.74 Å². The fraction of sp³-hybridized carbons (Fsp3) is 0.467. The Bertz CT molecular complexity index is 1730. The number of aliphatic hydroxyl groups is 1. The lowest BCUT2D eigenvalue weighted by atomic mass is 9.80. The van der Waals surface area contributed by atoms with E-state index in [2.05, 4.69) is 32.1 Å². The van der Waals surface area contributed by atoms with E-state index < -0.39 is 11.4 Å². The maximum Gasteiger partial charge on any atom is 0.319 e. The van der Waals surface area contributed by atoms with Crippen molar-refractivity contribution in [2.45, 2.75) is 43.7 Å². The molecule has 5 aliphatic heterocycles. The van der Waals surface area contributed by atoms with Crippen molar-refractivity contribution in [1.82, 2.24) is 30.0 Å². The molecule has 2 N–H and O–H groups in total. The molecule has 1 fully saturated rings. The predicted molar refractivity (Wildman–Crippen MR) is 160 cm³/mol. The van der Waals surface area contributed by atoms with Crippen molar-refractivity contribution in [3.8, 4) is 23.0 Å². The number of fused-ring (bicyclic) bond motifs is 1. The second-order valence-electron chi connectivity index (χ2n) is 11.7. The quantitative estimate of drug-likeness (QED) is 0.322. The first-order valence-corrected chi connectivity index (χ1v) is 14.9. The number of ether oxygens (including phenoxy) is 3. The van der Waals surface area contributed by atoms with Crippen LogP contribution >= 0.6 is 11.6 Å². The molecule has 6 aliphatic rings. The van der Waals surface area contributed by atoms with Crippen LogP contribution in [0, 0.1) is 5.82 Å². The van der Waals surface area contributed by atoms with E-state index in [1.165, 1.54) is 0 Å². The predicted octanol–water partition coefficient (Wildman–Crippen LogP) is 4.48. The summed E-state index contributed by atoms with van der Waals surface area (Å²) in [5.74, 6) is 0.0588. The normalized spacial score (nSPS) is 23.1. The molecule has 8 heterocycles. The Morgan fingerprint density at radius 1 is 1.21 bits per heavy atom. The van der Waals surface area contributed by atoms with E-state index in [1.54, 1.807) is 18.5 Å². The number of rotatable bonds is 3. The van der Waals surface area contributed by atoms with E-state index in [0.29, 0.717) is 47.2 Å². The number of benzene rings is 1. The van der Waals surface area contributed by atoms with Gasteiger partial charge >= 0.3 is 6.01 Å². The van der Waals surface area contributed by atoms with Crippen molar-refractivity contribution in [3.63, 3.8) is 0 Å². The number of hydrogen-bond donors (Lipinski definition) is 2. The second-order valence-corrected chi connectivity index (χ2v) is 12.1. The molecule has 1 aliphatic carbocycles. The summed E-state index contributed by atoms with van der Waals surface area (Å²) < 4.78 is 34.5. The average Bonchev–Trinajstić information content (AvgIpc) is 3.61. The number of nitrogens with one attached hydrogen (secondary N) is 1. The molecule has 1 aromatic carbocycles. The lowest BCUT2D eigenvalue weighted by molar-refractivity contribution is -0.0679. The van der Waals surface area contributed by atoms with E-state index in [9.17, 15) is 5.11 Å². The zero-order valence-corrected chi connectivity index (χ0v) is 24.8. The van der Waals surface area contributed by atoms with Gasteiger partial charge in [-0.1, -0.05) is 23.3 Å². The number of pyridine rings is 1. The monoisotopic (exact) mass is 609 g/mol. The van der Waals surface area contributed by atoms with Crippen LogP contribution in [0.3, 0.4) is 0 Å². The minimum atomic E-state index is -1.04. The highest BCUT2D eigenvalue weighted by molar-refractivity contribution is 6.33. The third-order valence-corrected chi connectivity index (χ3v) is 8.89. The lowest BCUT2D eigenvalue weighted by Gasteiger charge is -2.35. The maximum atomic E-state index is 16.7. The number of aromatic amines is 1. The van der Waals surface area contributed by atoms with Crippen molar-refractivity contribution in [1.29, 1.82) is 0 Å². The van der Waals surface area contributed by atoms with Crippen molar-refractivity contribution in [2.24, 2.45) is 0 Å². The number of halogens is 2. The van der Waals surface area contributed by atoms with Crippen LogP contribution in [0.1, 0.15) is 32.1 Å². The first kappa shape index (κ1) is 28.2. The molecule has 0 saturated carbocycles. The number of nitrogens with zero attached hydrogens (tertiary/aromatic N) is 6. The maximum absolute atomic E-state index is 16.7. The van der Waals surface area contributed by atoms with E-state index >= 15 is 4.39 Å². The zero-order chi connectivity index (χ0) is 29.7. The Hall–Kier alpha value is -3.58. The van der Waals surface area contributed by atoms with Gasteiger partial charge in [0.2, 0.25) is 0 Å². The Morgan fingerprint density at radius 3 is 2.88 bits per heavy atom. The standard InChI is InChI=1S/C30H33ClFN7O4/c1-38-7-4-6-18(38)14-42-29-35-25-20-12-33-26(24(25)32)23-19-13-34-37-22(19)9-21(31)27(23)43-16-41-15-30(40)10-17(11-30)5-3-8-39(2)28(20)36-29/h9-10,12-13,18,40H,3-8,11,14-16H2,1-2H3,(H,34,37)/t18-,30-/m0/s1. The molecule has 13 heteroatoms. The molecule has 6 bridgehead atoms. The van der Waals surface area contributed by atoms with Gasteiger partial charge in [0, 0.05) is 37.6 Å². The molecule has 11 nitrogen and oxygen atoms in total. The van der Waals surface area contributed by atoms with Crippen molar-refractivity contribution < 1.29 is 23.7 Å². The van der Waals surface area contributed by atoms with Gasteiger partial charge in [-0.3, -0.25) is 10.1 Å². The molecular weight excluding hydrogens is 577 g/mol. The van der Waals surface area contributed by atoms with Crippen LogP contribution in [0.2, 0.25) is 5.02 Å². The summed E-state index contributed by atoms with van der Waals surface area (Å²) in [6.07, 6.45) is 9.29. The third kappa shape index (κ3) is 5.26. The number of H-pyrrole nitrogens is 1. The molecule has 2 atom stereocenters. The molecule has 43 heavy (non-hydrogen) atoms. The van der Waals surface area contributed by atoms with Crippen molar-refractivity contribution in [3.05, 3.63) is 40.9 Å². The molecule has 1 saturated heterocycles. The summed E-state index contributed by atoms with van der Waals surface area (Å²) >= 11 is 6.65. The fourth-order valence-corrected chi connectivity index (χ4v) is 6.55. The second kappa shape index (κ2) is 11.2. The van der Waals surface area contributed by atoms with Crippen molar-refractivity contribution in [2.75, 3.05) is 52.1 Å².